The van der Waals surface area contributed by atoms with Crippen LogP contribution in [0.15, 0.2) is 48.3 Å². The van der Waals surface area contributed by atoms with Crippen molar-refractivity contribution in [3.05, 3.63) is 75.8 Å². The number of hydrogen-bond acceptors (Lipinski definition) is 7. The molecule has 3 aromatic rings. The topological polar surface area (TPSA) is 92.6 Å². The second-order valence-corrected chi connectivity index (χ2v) is 8.12. The van der Waals surface area contributed by atoms with Gasteiger partial charge in [0.2, 0.25) is 0 Å². The van der Waals surface area contributed by atoms with Crippen molar-refractivity contribution < 1.29 is 23.8 Å². The zero-order chi connectivity index (χ0) is 22.3. The number of benzene rings is 1. The Labute approximate surface area is 181 Å². The predicted molar refractivity (Wildman–Crippen MR) is 114 cm³/mol. The molecule has 1 fully saturated rings. The molecule has 31 heavy (non-hydrogen) atoms. The molecule has 1 aliphatic heterocycles. The Balaban J connectivity index is 1.93. The molecule has 7 nitrogen and oxygen atoms in total. The van der Waals surface area contributed by atoms with Gasteiger partial charge in [0.1, 0.15) is 5.76 Å². The molecule has 0 bridgehead atoms. The molecule has 0 spiro atoms. The zero-order valence-electron chi connectivity index (χ0n) is 16.9. The molecule has 158 valence electrons. The van der Waals surface area contributed by atoms with E-state index in [1.165, 1.54) is 41.7 Å². The molecule has 0 radical (unpaired) electrons. The van der Waals surface area contributed by atoms with Crippen LogP contribution in [0, 0.1) is 19.7 Å². The third kappa shape index (κ3) is 3.46. The molecular weight excluding hydrogens is 421 g/mol. The first-order valence-corrected chi connectivity index (χ1v) is 10.1. The lowest BCUT2D eigenvalue weighted by Crippen LogP contribution is -2.29. The number of hydrogen-bond donors (Lipinski definition) is 1. The van der Waals surface area contributed by atoms with E-state index in [0.29, 0.717) is 10.7 Å². The lowest BCUT2D eigenvalue weighted by molar-refractivity contribution is -0.132. The molecule has 0 saturated carbocycles. The number of aryl methyl sites for hydroxylation is 2. The smallest absolute Gasteiger partial charge is 0.301 e. The Morgan fingerprint density at radius 1 is 1.26 bits per heavy atom. The van der Waals surface area contributed by atoms with Crippen molar-refractivity contribution in [2.45, 2.75) is 19.9 Å². The van der Waals surface area contributed by atoms with Crippen LogP contribution < -0.4 is 9.64 Å². The van der Waals surface area contributed by atoms with Crippen molar-refractivity contribution in [2.75, 3.05) is 12.0 Å². The van der Waals surface area contributed by atoms with Gasteiger partial charge in [0.25, 0.3) is 5.78 Å². The summed E-state index contributed by atoms with van der Waals surface area (Å²) >= 11 is 1.27. The number of ether oxygens (including phenoxy) is 1. The molecular formula is C22H18FN3O4S. The highest BCUT2D eigenvalue weighted by atomic mass is 32.1. The second kappa shape index (κ2) is 7.92. The number of carbonyl (C=O) groups is 2. The predicted octanol–water partition coefficient (Wildman–Crippen LogP) is 3.93. The number of ketones is 1. The number of aliphatic hydroxyl groups excluding tert-OH is 1. The molecule has 1 N–H and O–H groups in total. The van der Waals surface area contributed by atoms with Gasteiger partial charge in [-0.25, -0.2) is 9.37 Å². The van der Waals surface area contributed by atoms with E-state index in [0.717, 1.165) is 16.6 Å². The van der Waals surface area contributed by atoms with E-state index in [9.17, 15) is 19.1 Å². The summed E-state index contributed by atoms with van der Waals surface area (Å²) < 4.78 is 19.1. The van der Waals surface area contributed by atoms with E-state index in [-0.39, 0.29) is 16.9 Å². The van der Waals surface area contributed by atoms with Crippen LogP contribution in [0.3, 0.4) is 0 Å². The van der Waals surface area contributed by atoms with Crippen LogP contribution in [-0.2, 0) is 9.59 Å². The quantitative estimate of drug-likeness (QED) is 0.376. The number of nitrogens with zero attached hydrogens (tertiary/aromatic N) is 3. The van der Waals surface area contributed by atoms with Crippen LogP contribution in [-0.4, -0.2) is 33.9 Å². The molecule has 0 aliphatic carbocycles. The first kappa shape index (κ1) is 20.7. The summed E-state index contributed by atoms with van der Waals surface area (Å²) in [4.78, 5) is 36.7. The van der Waals surface area contributed by atoms with Crippen molar-refractivity contribution >= 4 is 33.9 Å². The summed E-state index contributed by atoms with van der Waals surface area (Å²) in [5.41, 5.74) is 1.15. The fourth-order valence-electron chi connectivity index (χ4n) is 3.41. The summed E-state index contributed by atoms with van der Waals surface area (Å²) in [6, 6.07) is 6.23. The lowest BCUT2D eigenvalue weighted by Gasteiger charge is -2.22. The summed E-state index contributed by atoms with van der Waals surface area (Å²) in [5, 5.41) is 11.3. The number of carbonyl (C=O) groups excluding carboxylic acids is 2. The summed E-state index contributed by atoms with van der Waals surface area (Å²) in [6.45, 7) is 3.68. The summed E-state index contributed by atoms with van der Waals surface area (Å²) in [5.74, 6) is -2.90. The van der Waals surface area contributed by atoms with Gasteiger partial charge < -0.3 is 9.84 Å². The van der Waals surface area contributed by atoms with E-state index in [2.05, 4.69) is 9.97 Å². The van der Waals surface area contributed by atoms with Crippen LogP contribution >= 0.6 is 11.3 Å². The third-order valence-electron chi connectivity index (χ3n) is 5.09. The number of halogens is 1. The summed E-state index contributed by atoms with van der Waals surface area (Å²) in [7, 11) is 1.32. The number of Topliss-reactive ketones (excluding diaryl/α,β-unsaturated/α-hetero) is 1. The first-order chi connectivity index (χ1) is 14.8. The Morgan fingerprint density at radius 2 is 2.03 bits per heavy atom. The van der Waals surface area contributed by atoms with Gasteiger partial charge in [0.15, 0.2) is 16.7 Å². The van der Waals surface area contributed by atoms with E-state index in [4.69, 9.17) is 4.74 Å². The fraction of sp³-hybridized carbons (Fsp3) is 0.182. The van der Waals surface area contributed by atoms with Crippen molar-refractivity contribution in [1.29, 1.82) is 0 Å². The number of aliphatic hydroxyl groups is 1. The number of rotatable bonds is 4. The molecule has 1 saturated heterocycles. The van der Waals surface area contributed by atoms with Gasteiger partial charge in [-0.15, -0.1) is 11.3 Å². The SMILES string of the molecule is COc1ccc(C(O)=C2C(=O)C(=O)N(c3nc(C)c(C)s3)[C@H]2c2cccnc2)cc1F. The maximum absolute atomic E-state index is 14.2. The molecule has 2 aromatic heterocycles. The van der Waals surface area contributed by atoms with E-state index in [1.54, 1.807) is 18.3 Å². The zero-order valence-corrected chi connectivity index (χ0v) is 17.7. The summed E-state index contributed by atoms with van der Waals surface area (Å²) in [6.07, 6.45) is 3.07. The number of aromatic nitrogens is 2. The number of anilines is 1. The maximum atomic E-state index is 14.2. The minimum atomic E-state index is -0.955. The molecule has 4 rings (SSSR count). The maximum Gasteiger partial charge on any atom is 0.301 e. The standard InChI is InChI=1S/C22H18FN3O4S/c1-11-12(2)31-22(25-11)26-18(14-5-4-8-24-10-14)17(20(28)21(26)29)19(27)13-6-7-16(30-3)15(23)9-13/h4-10,18,27H,1-3H3/t18-/m0/s1. The van der Waals surface area contributed by atoms with Crippen molar-refractivity contribution in [3.63, 3.8) is 0 Å². The van der Waals surface area contributed by atoms with Crippen molar-refractivity contribution in [3.8, 4) is 5.75 Å². The minimum absolute atomic E-state index is 0.00505. The number of thiazole rings is 1. The van der Waals surface area contributed by atoms with Crippen LogP contribution in [0.4, 0.5) is 9.52 Å². The Morgan fingerprint density at radius 3 is 2.61 bits per heavy atom. The van der Waals surface area contributed by atoms with Gasteiger partial charge in [-0.1, -0.05) is 6.07 Å². The molecule has 1 amide bonds. The highest BCUT2D eigenvalue weighted by Crippen LogP contribution is 2.43. The van der Waals surface area contributed by atoms with E-state index < -0.39 is 29.3 Å². The van der Waals surface area contributed by atoms with Gasteiger partial charge in [-0.3, -0.25) is 19.5 Å². The highest BCUT2D eigenvalue weighted by molar-refractivity contribution is 7.16. The highest BCUT2D eigenvalue weighted by Gasteiger charge is 2.48. The molecule has 1 atom stereocenters. The first-order valence-electron chi connectivity index (χ1n) is 9.32. The second-order valence-electron chi connectivity index (χ2n) is 6.94. The van der Waals surface area contributed by atoms with Crippen LogP contribution in [0.25, 0.3) is 5.76 Å². The van der Waals surface area contributed by atoms with Crippen LogP contribution in [0.1, 0.15) is 27.7 Å². The Hall–Kier alpha value is -3.59. The fourth-order valence-corrected chi connectivity index (χ4v) is 4.35. The minimum Gasteiger partial charge on any atom is -0.507 e. The van der Waals surface area contributed by atoms with Gasteiger partial charge >= 0.3 is 5.91 Å². The molecule has 0 unspecified atom stereocenters. The van der Waals surface area contributed by atoms with Crippen LogP contribution in [0.5, 0.6) is 5.75 Å². The Bertz CT molecular complexity index is 1200. The lowest BCUT2D eigenvalue weighted by atomic mass is 9.96. The average molecular weight is 439 g/mol. The number of pyridine rings is 1. The van der Waals surface area contributed by atoms with Crippen molar-refractivity contribution in [1.82, 2.24) is 9.97 Å². The molecule has 1 aromatic carbocycles. The van der Waals surface area contributed by atoms with Gasteiger partial charge in [0, 0.05) is 22.8 Å². The number of amides is 1. The van der Waals surface area contributed by atoms with E-state index in [1.807, 2.05) is 13.8 Å². The van der Waals surface area contributed by atoms with E-state index >= 15 is 0 Å². The molecule has 9 heteroatoms. The van der Waals surface area contributed by atoms with Gasteiger partial charge in [0.05, 0.1) is 24.4 Å². The van der Waals surface area contributed by atoms with Gasteiger partial charge in [-0.05, 0) is 43.7 Å². The average Bonchev–Trinajstić information content (AvgIpc) is 3.23. The molecule has 1 aliphatic rings. The normalized spacial score (nSPS) is 17.9. The van der Waals surface area contributed by atoms with Gasteiger partial charge in [-0.2, -0.15) is 0 Å². The number of methoxy groups -OCH3 is 1. The monoisotopic (exact) mass is 439 g/mol. The van der Waals surface area contributed by atoms with Crippen molar-refractivity contribution in [2.24, 2.45) is 0 Å². The largest absolute Gasteiger partial charge is 0.507 e. The molecule has 3 heterocycles. The van der Waals surface area contributed by atoms with Crippen LogP contribution in [0.2, 0.25) is 0 Å². The third-order valence-corrected chi connectivity index (χ3v) is 6.17. The Kier molecular flexibility index (Phi) is 5.28.